The van der Waals surface area contributed by atoms with Crippen molar-refractivity contribution in [1.29, 1.82) is 0 Å². The van der Waals surface area contributed by atoms with E-state index in [2.05, 4.69) is 71.6 Å². The first-order valence-electron chi connectivity index (χ1n) is 9.45. The van der Waals surface area contributed by atoms with Gasteiger partial charge in [-0.25, -0.2) is 0 Å². The van der Waals surface area contributed by atoms with E-state index in [9.17, 15) is 5.11 Å². The van der Waals surface area contributed by atoms with Crippen LogP contribution >= 0.6 is 0 Å². The van der Waals surface area contributed by atoms with Crippen molar-refractivity contribution < 1.29 is 5.11 Å². The van der Waals surface area contributed by atoms with Crippen molar-refractivity contribution in [2.75, 3.05) is 4.90 Å². The van der Waals surface area contributed by atoms with Gasteiger partial charge in [0.1, 0.15) is 5.75 Å². The molecule has 132 valence electrons. The molecule has 0 aliphatic carbocycles. The van der Waals surface area contributed by atoms with Crippen LogP contribution in [-0.4, -0.2) is 17.2 Å². The van der Waals surface area contributed by atoms with Crippen molar-refractivity contribution in [2.24, 2.45) is 0 Å². The Bertz CT molecular complexity index is 782. The van der Waals surface area contributed by atoms with Crippen LogP contribution < -0.4 is 4.90 Å². The summed E-state index contributed by atoms with van der Waals surface area (Å²) in [5.41, 5.74) is 3.68. The predicted octanol–water partition coefficient (Wildman–Crippen LogP) is 5.22. The van der Waals surface area contributed by atoms with Gasteiger partial charge in [-0.2, -0.15) is 0 Å². The van der Waals surface area contributed by atoms with Crippen molar-refractivity contribution >= 4 is 5.69 Å². The molecule has 0 amide bonds. The third kappa shape index (κ3) is 3.60. The SMILES string of the molecule is Oc1ccccc1N1[C@H](Cc2ccccc2)CC[C@H]1Cc1ccccc1. The maximum absolute atomic E-state index is 10.5. The zero-order chi connectivity index (χ0) is 17.8. The minimum absolute atomic E-state index is 0.380. The largest absolute Gasteiger partial charge is 0.506 e. The van der Waals surface area contributed by atoms with Crippen LogP contribution in [0.25, 0.3) is 0 Å². The average Bonchev–Trinajstić information content (AvgIpc) is 3.06. The van der Waals surface area contributed by atoms with Crippen LogP contribution in [0, 0.1) is 0 Å². The van der Waals surface area contributed by atoms with Crippen LogP contribution in [0.4, 0.5) is 5.69 Å². The monoisotopic (exact) mass is 343 g/mol. The van der Waals surface area contributed by atoms with Gasteiger partial charge < -0.3 is 10.0 Å². The molecule has 2 nitrogen and oxygen atoms in total. The summed E-state index contributed by atoms with van der Waals surface area (Å²) in [4.78, 5) is 2.47. The van der Waals surface area contributed by atoms with Gasteiger partial charge in [0, 0.05) is 12.1 Å². The normalized spacial score (nSPS) is 19.6. The summed E-state index contributed by atoms with van der Waals surface area (Å²) in [7, 11) is 0. The summed E-state index contributed by atoms with van der Waals surface area (Å²) in [5, 5.41) is 10.5. The lowest BCUT2D eigenvalue weighted by Gasteiger charge is -2.33. The number of nitrogens with zero attached hydrogens (tertiary/aromatic N) is 1. The Morgan fingerprint density at radius 2 is 1.12 bits per heavy atom. The second-order valence-electron chi connectivity index (χ2n) is 7.16. The van der Waals surface area contributed by atoms with E-state index in [4.69, 9.17) is 0 Å². The molecule has 3 aromatic carbocycles. The lowest BCUT2D eigenvalue weighted by Crippen LogP contribution is -2.38. The summed E-state index contributed by atoms with van der Waals surface area (Å²) < 4.78 is 0. The van der Waals surface area contributed by atoms with Gasteiger partial charge in [0.05, 0.1) is 5.69 Å². The summed E-state index contributed by atoms with van der Waals surface area (Å²) >= 11 is 0. The number of hydrogen-bond donors (Lipinski definition) is 1. The van der Waals surface area contributed by atoms with E-state index in [1.165, 1.54) is 11.1 Å². The van der Waals surface area contributed by atoms with Crippen molar-refractivity contribution in [2.45, 2.75) is 37.8 Å². The van der Waals surface area contributed by atoms with Crippen LogP contribution in [-0.2, 0) is 12.8 Å². The molecule has 1 aliphatic heterocycles. The highest BCUT2D eigenvalue weighted by atomic mass is 16.3. The van der Waals surface area contributed by atoms with Crippen LogP contribution in [0.15, 0.2) is 84.9 Å². The molecule has 0 saturated carbocycles. The second kappa shape index (κ2) is 7.65. The molecular formula is C24H25NO. The minimum Gasteiger partial charge on any atom is -0.506 e. The fraction of sp³-hybridized carbons (Fsp3) is 0.250. The molecule has 1 saturated heterocycles. The minimum atomic E-state index is 0.380. The van der Waals surface area contributed by atoms with Gasteiger partial charge in [-0.1, -0.05) is 72.8 Å². The van der Waals surface area contributed by atoms with Crippen molar-refractivity contribution in [1.82, 2.24) is 0 Å². The molecule has 2 atom stereocenters. The molecule has 0 spiro atoms. The first kappa shape index (κ1) is 16.7. The van der Waals surface area contributed by atoms with Crippen LogP contribution in [0.5, 0.6) is 5.75 Å². The zero-order valence-corrected chi connectivity index (χ0v) is 15.0. The molecule has 2 heteroatoms. The van der Waals surface area contributed by atoms with Gasteiger partial charge in [-0.15, -0.1) is 0 Å². The first-order chi connectivity index (χ1) is 12.8. The molecule has 0 bridgehead atoms. The van der Waals surface area contributed by atoms with Gasteiger partial charge in [-0.3, -0.25) is 0 Å². The molecule has 0 aromatic heterocycles. The van der Waals surface area contributed by atoms with E-state index < -0.39 is 0 Å². The molecule has 1 heterocycles. The predicted molar refractivity (Wildman–Crippen MR) is 108 cm³/mol. The first-order valence-corrected chi connectivity index (χ1v) is 9.45. The standard InChI is InChI=1S/C24H25NO/c26-24-14-8-7-13-23(24)25-21(17-19-9-3-1-4-10-19)15-16-22(25)18-20-11-5-2-6-12-20/h1-14,21-22,26H,15-18H2/t21-,22-/m0/s1. The number of benzene rings is 3. The molecule has 4 rings (SSSR count). The second-order valence-corrected chi connectivity index (χ2v) is 7.16. The smallest absolute Gasteiger partial charge is 0.138 e. The molecule has 3 aromatic rings. The number of hydrogen-bond acceptors (Lipinski definition) is 2. The summed E-state index contributed by atoms with van der Waals surface area (Å²) in [6.07, 6.45) is 4.34. The Morgan fingerprint density at radius 1 is 0.654 bits per heavy atom. The third-order valence-electron chi connectivity index (χ3n) is 5.41. The van der Waals surface area contributed by atoms with Crippen LogP contribution in [0.3, 0.4) is 0 Å². The summed E-state index contributed by atoms with van der Waals surface area (Å²) in [5.74, 6) is 0.380. The van der Waals surface area contributed by atoms with E-state index in [0.29, 0.717) is 17.8 Å². The molecular weight excluding hydrogens is 318 g/mol. The lowest BCUT2D eigenvalue weighted by molar-refractivity contribution is 0.469. The highest BCUT2D eigenvalue weighted by Gasteiger charge is 2.34. The zero-order valence-electron chi connectivity index (χ0n) is 15.0. The van der Waals surface area contributed by atoms with Gasteiger partial charge in [0.15, 0.2) is 0 Å². The van der Waals surface area contributed by atoms with E-state index >= 15 is 0 Å². The molecule has 0 radical (unpaired) electrons. The Labute approximate surface area is 155 Å². The Morgan fingerprint density at radius 3 is 1.62 bits per heavy atom. The molecule has 0 unspecified atom stereocenters. The van der Waals surface area contributed by atoms with Crippen molar-refractivity contribution in [3.63, 3.8) is 0 Å². The highest BCUT2D eigenvalue weighted by molar-refractivity contribution is 5.60. The van der Waals surface area contributed by atoms with E-state index in [-0.39, 0.29) is 0 Å². The van der Waals surface area contributed by atoms with Crippen molar-refractivity contribution in [3.05, 3.63) is 96.1 Å². The summed E-state index contributed by atoms with van der Waals surface area (Å²) in [6.45, 7) is 0. The van der Waals surface area contributed by atoms with E-state index in [0.717, 1.165) is 31.4 Å². The maximum Gasteiger partial charge on any atom is 0.138 e. The Balaban J connectivity index is 1.63. The van der Waals surface area contributed by atoms with Gasteiger partial charge in [0.25, 0.3) is 0 Å². The topological polar surface area (TPSA) is 23.5 Å². The van der Waals surface area contributed by atoms with Crippen molar-refractivity contribution in [3.8, 4) is 5.75 Å². The van der Waals surface area contributed by atoms with Gasteiger partial charge >= 0.3 is 0 Å². The molecule has 1 fully saturated rings. The number of rotatable bonds is 5. The number of phenols is 1. The van der Waals surface area contributed by atoms with Gasteiger partial charge in [0.2, 0.25) is 0 Å². The summed E-state index contributed by atoms with van der Waals surface area (Å²) in [6, 6.07) is 30.0. The van der Waals surface area contributed by atoms with E-state index in [1.807, 2.05) is 12.1 Å². The van der Waals surface area contributed by atoms with Crippen LogP contribution in [0.1, 0.15) is 24.0 Å². The van der Waals surface area contributed by atoms with Crippen LogP contribution in [0.2, 0.25) is 0 Å². The highest BCUT2D eigenvalue weighted by Crippen LogP contribution is 2.38. The van der Waals surface area contributed by atoms with E-state index in [1.54, 1.807) is 6.07 Å². The number of anilines is 1. The van der Waals surface area contributed by atoms with Gasteiger partial charge in [-0.05, 0) is 48.9 Å². The lowest BCUT2D eigenvalue weighted by atomic mass is 10.0. The molecule has 1 aliphatic rings. The quantitative estimate of drug-likeness (QED) is 0.687. The number of aromatic hydroxyl groups is 1. The third-order valence-corrected chi connectivity index (χ3v) is 5.41. The fourth-order valence-corrected chi connectivity index (χ4v) is 4.21. The maximum atomic E-state index is 10.5. The Hall–Kier alpha value is -2.74. The molecule has 26 heavy (non-hydrogen) atoms. The Kier molecular flexibility index (Phi) is 4.92. The fourth-order valence-electron chi connectivity index (χ4n) is 4.21. The number of para-hydroxylation sites is 2. The average molecular weight is 343 g/mol. The number of phenolic OH excluding ortho intramolecular Hbond substituents is 1. The molecule has 1 N–H and O–H groups in total.